The molecule has 0 fully saturated rings. The van der Waals surface area contributed by atoms with Crippen LogP contribution < -0.4 is 10.1 Å². The second kappa shape index (κ2) is 5.03. The van der Waals surface area contributed by atoms with Crippen molar-refractivity contribution in [2.24, 2.45) is 0 Å². The van der Waals surface area contributed by atoms with Gasteiger partial charge in [-0.25, -0.2) is 0 Å². The van der Waals surface area contributed by atoms with E-state index in [-0.39, 0.29) is 0 Å². The van der Waals surface area contributed by atoms with Gasteiger partial charge in [0.2, 0.25) is 0 Å². The van der Waals surface area contributed by atoms with E-state index in [4.69, 9.17) is 4.74 Å². The molecule has 1 heterocycles. The van der Waals surface area contributed by atoms with Crippen molar-refractivity contribution in [3.63, 3.8) is 0 Å². The molecule has 0 aliphatic carbocycles. The zero-order valence-electron chi connectivity index (χ0n) is 9.84. The maximum atomic E-state index is 5.39. The van der Waals surface area contributed by atoms with Crippen molar-refractivity contribution in [1.29, 1.82) is 0 Å². The predicted molar refractivity (Wildman–Crippen MR) is 67.1 cm³/mol. The number of hydrogen-bond acceptors (Lipinski definition) is 2. The van der Waals surface area contributed by atoms with E-state index >= 15 is 0 Å². The Kier molecular flexibility index (Phi) is 3.47. The van der Waals surface area contributed by atoms with Gasteiger partial charge in [-0.1, -0.05) is 13.0 Å². The lowest BCUT2D eigenvalue weighted by molar-refractivity contribution is 0.419. The highest BCUT2D eigenvalue weighted by Gasteiger charge is 2.07. The minimum Gasteiger partial charge on any atom is -0.496 e. The van der Waals surface area contributed by atoms with Gasteiger partial charge in [-0.3, -0.25) is 0 Å². The molecule has 0 radical (unpaired) electrons. The number of aromatic amines is 1. The normalized spacial score (nSPS) is 10.9. The average Bonchev–Trinajstić information content (AvgIpc) is 2.73. The molecule has 1 aromatic heterocycles. The Labute approximate surface area is 95.8 Å². The van der Waals surface area contributed by atoms with Crippen molar-refractivity contribution in [2.45, 2.75) is 13.3 Å². The Balaban J connectivity index is 2.30. The molecule has 2 aromatic rings. The van der Waals surface area contributed by atoms with Gasteiger partial charge in [-0.15, -0.1) is 0 Å². The summed E-state index contributed by atoms with van der Waals surface area (Å²) in [5.41, 5.74) is 2.46. The van der Waals surface area contributed by atoms with Crippen LogP contribution in [0.15, 0.2) is 24.4 Å². The molecule has 0 saturated carbocycles. The first kappa shape index (κ1) is 11.0. The Bertz CT molecular complexity index is 462. The van der Waals surface area contributed by atoms with Crippen LogP contribution in [0.2, 0.25) is 0 Å². The number of aromatic nitrogens is 1. The number of ether oxygens (including phenoxy) is 1. The molecule has 2 rings (SSSR count). The third kappa shape index (κ3) is 2.04. The monoisotopic (exact) mass is 218 g/mol. The molecule has 0 spiro atoms. The van der Waals surface area contributed by atoms with E-state index in [1.807, 2.05) is 12.1 Å². The molecule has 0 bridgehead atoms. The van der Waals surface area contributed by atoms with Gasteiger partial charge in [0, 0.05) is 17.1 Å². The maximum Gasteiger partial charge on any atom is 0.128 e. The van der Waals surface area contributed by atoms with Crippen LogP contribution in [0.3, 0.4) is 0 Å². The van der Waals surface area contributed by atoms with Crippen LogP contribution in [-0.2, 0) is 6.42 Å². The highest BCUT2D eigenvalue weighted by atomic mass is 16.5. The molecule has 2 N–H and O–H groups in total. The molecule has 16 heavy (non-hydrogen) atoms. The lowest BCUT2D eigenvalue weighted by Crippen LogP contribution is -2.15. The van der Waals surface area contributed by atoms with E-state index in [0.717, 1.165) is 30.8 Å². The molecular formula is C13H18N2O. The van der Waals surface area contributed by atoms with Crippen molar-refractivity contribution >= 4 is 10.9 Å². The van der Waals surface area contributed by atoms with Gasteiger partial charge < -0.3 is 15.0 Å². The first-order chi connectivity index (χ1) is 7.86. The number of methoxy groups -OCH3 is 1. The van der Waals surface area contributed by atoms with Gasteiger partial charge in [0.05, 0.1) is 7.11 Å². The Morgan fingerprint density at radius 3 is 3.00 bits per heavy atom. The topological polar surface area (TPSA) is 37.0 Å². The van der Waals surface area contributed by atoms with Crippen LogP contribution in [0, 0.1) is 0 Å². The number of H-pyrrole nitrogens is 1. The van der Waals surface area contributed by atoms with E-state index in [9.17, 15) is 0 Å². The van der Waals surface area contributed by atoms with E-state index in [0.29, 0.717) is 0 Å². The van der Waals surface area contributed by atoms with Gasteiger partial charge in [-0.2, -0.15) is 0 Å². The van der Waals surface area contributed by atoms with E-state index < -0.39 is 0 Å². The summed E-state index contributed by atoms with van der Waals surface area (Å²) < 4.78 is 5.39. The lowest BCUT2D eigenvalue weighted by Gasteiger charge is -2.05. The number of fused-ring (bicyclic) bond motifs is 1. The molecule has 0 atom stereocenters. The SMILES string of the molecule is CCNCCc1c[nH]c2cccc(OC)c12. The molecule has 3 nitrogen and oxygen atoms in total. The number of rotatable bonds is 5. The van der Waals surface area contributed by atoms with Crippen molar-refractivity contribution in [1.82, 2.24) is 10.3 Å². The highest BCUT2D eigenvalue weighted by molar-refractivity contribution is 5.89. The van der Waals surface area contributed by atoms with E-state index in [1.165, 1.54) is 10.9 Å². The maximum absolute atomic E-state index is 5.39. The molecule has 0 saturated heterocycles. The van der Waals surface area contributed by atoms with Crippen LogP contribution in [0.4, 0.5) is 0 Å². The quantitative estimate of drug-likeness (QED) is 0.756. The second-order valence-corrected chi connectivity index (χ2v) is 3.80. The summed E-state index contributed by atoms with van der Waals surface area (Å²) in [6.07, 6.45) is 3.10. The molecule has 0 unspecified atom stereocenters. The fourth-order valence-electron chi connectivity index (χ4n) is 1.99. The second-order valence-electron chi connectivity index (χ2n) is 3.80. The van der Waals surface area contributed by atoms with Crippen molar-refractivity contribution in [3.8, 4) is 5.75 Å². The predicted octanol–water partition coefficient (Wildman–Crippen LogP) is 2.33. The Morgan fingerprint density at radius 2 is 2.25 bits per heavy atom. The number of benzene rings is 1. The molecule has 1 aromatic carbocycles. The van der Waals surface area contributed by atoms with E-state index in [2.05, 4.69) is 29.5 Å². The minimum atomic E-state index is 0.949. The van der Waals surface area contributed by atoms with Gasteiger partial charge in [0.25, 0.3) is 0 Å². The van der Waals surface area contributed by atoms with Crippen molar-refractivity contribution in [2.75, 3.05) is 20.2 Å². The zero-order chi connectivity index (χ0) is 11.4. The summed E-state index contributed by atoms with van der Waals surface area (Å²) in [7, 11) is 1.72. The molecule has 3 heteroatoms. The van der Waals surface area contributed by atoms with Crippen LogP contribution in [0.5, 0.6) is 5.75 Å². The average molecular weight is 218 g/mol. The first-order valence-corrected chi connectivity index (χ1v) is 5.70. The van der Waals surface area contributed by atoms with Crippen molar-refractivity contribution < 1.29 is 4.74 Å². The molecule has 0 aliphatic rings. The Hall–Kier alpha value is -1.48. The number of likely N-dealkylation sites (N-methyl/N-ethyl adjacent to an activating group) is 1. The van der Waals surface area contributed by atoms with Crippen LogP contribution in [0.25, 0.3) is 10.9 Å². The number of hydrogen-bond donors (Lipinski definition) is 2. The third-order valence-electron chi connectivity index (χ3n) is 2.79. The lowest BCUT2D eigenvalue weighted by atomic mass is 10.1. The summed E-state index contributed by atoms with van der Waals surface area (Å²) in [6.45, 7) is 4.14. The number of nitrogens with one attached hydrogen (secondary N) is 2. The minimum absolute atomic E-state index is 0.949. The Morgan fingerprint density at radius 1 is 1.38 bits per heavy atom. The van der Waals surface area contributed by atoms with Crippen LogP contribution in [0.1, 0.15) is 12.5 Å². The van der Waals surface area contributed by atoms with Crippen LogP contribution in [-0.4, -0.2) is 25.2 Å². The summed E-state index contributed by atoms with van der Waals surface area (Å²) in [5, 5.41) is 4.55. The van der Waals surface area contributed by atoms with Crippen LogP contribution >= 0.6 is 0 Å². The smallest absolute Gasteiger partial charge is 0.128 e. The highest BCUT2D eigenvalue weighted by Crippen LogP contribution is 2.28. The first-order valence-electron chi connectivity index (χ1n) is 5.70. The molecule has 0 amide bonds. The van der Waals surface area contributed by atoms with Gasteiger partial charge in [0.1, 0.15) is 5.75 Å². The fourth-order valence-corrected chi connectivity index (χ4v) is 1.99. The summed E-state index contributed by atoms with van der Waals surface area (Å²) in [4.78, 5) is 3.28. The molecule has 0 aliphatic heterocycles. The summed E-state index contributed by atoms with van der Waals surface area (Å²) >= 11 is 0. The van der Waals surface area contributed by atoms with Gasteiger partial charge in [-0.05, 0) is 37.2 Å². The third-order valence-corrected chi connectivity index (χ3v) is 2.79. The van der Waals surface area contributed by atoms with Crippen molar-refractivity contribution in [3.05, 3.63) is 30.0 Å². The molecular weight excluding hydrogens is 200 g/mol. The van der Waals surface area contributed by atoms with E-state index in [1.54, 1.807) is 7.11 Å². The summed E-state index contributed by atoms with van der Waals surface area (Å²) in [6, 6.07) is 6.09. The fraction of sp³-hybridized carbons (Fsp3) is 0.385. The van der Waals surface area contributed by atoms with Gasteiger partial charge in [0.15, 0.2) is 0 Å². The zero-order valence-corrected chi connectivity index (χ0v) is 9.84. The molecule has 86 valence electrons. The largest absolute Gasteiger partial charge is 0.496 e. The summed E-state index contributed by atoms with van der Waals surface area (Å²) in [5.74, 6) is 0.949. The standard InChI is InChI=1S/C13H18N2O/c1-3-14-8-7-10-9-15-11-5-4-6-12(16-2)13(10)11/h4-6,9,14-15H,3,7-8H2,1-2H3. The van der Waals surface area contributed by atoms with Gasteiger partial charge >= 0.3 is 0 Å².